The summed E-state index contributed by atoms with van der Waals surface area (Å²) in [6.45, 7) is 0.387. The molecule has 1 aliphatic rings. The third-order valence-electron chi connectivity index (χ3n) is 3.23. The molecule has 0 radical (unpaired) electrons. The molecule has 2 aromatic rings. The van der Waals surface area contributed by atoms with E-state index < -0.39 is 11.6 Å². The molecule has 0 bridgehead atoms. The summed E-state index contributed by atoms with van der Waals surface area (Å²) in [4.78, 5) is 15.8. The minimum atomic E-state index is -0.622. The first-order chi connectivity index (χ1) is 9.13. The smallest absolute Gasteiger partial charge is 0.242 e. The number of carbonyl (C=O) groups excluding carboxylic acids is 1. The summed E-state index contributed by atoms with van der Waals surface area (Å²) >= 11 is 0. The molecule has 1 unspecified atom stereocenters. The maximum atomic E-state index is 13.2. The quantitative estimate of drug-likeness (QED) is 0.828. The Morgan fingerprint density at radius 2 is 1.95 bits per heavy atom. The molecule has 1 saturated heterocycles. The minimum Gasteiger partial charge on any atom is -0.273 e. The lowest BCUT2D eigenvalue weighted by Gasteiger charge is -2.17. The number of carbonyl (C=O) groups is 1. The van der Waals surface area contributed by atoms with Crippen LogP contribution < -0.4 is 5.01 Å². The predicted octanol–water partition coefficient (Wildman–Crippen LogP) is 1.81. The van der Waals surface area contributed by atoms with Gasteiger partial charge in [0, 0.05) is 30.8 Å². The fourth-order valence-electron chi connectivity index (χ4n) is 2.34. The normalized spacial score (nSPS) is 19.2. The van der Waals surface area contributed by atoms with Crippen LogP contribution in [0.3, 0.4) is 0 Å². The van der Waals surface area contributed by atoms with Gasteiger partial charge < -0.3 is 0 Å². The molecule has 6 heteroatoms. The Morgan fingerprint density at radius 3 is 2.58 bits per heavy atom. The standard InChI is InChI=1S/C13H11F2N3O/c14-11-3-9(4-12(15)6-11)10-5-13(19)18(7-10)17-2-1-16-8-17/h1-4,6,8,10H,5,7H2. The number of nitrogens with zero attached hydrogens (tertiary/aromatic N) is 3. The van der Waals surface area contributed by atoms with Crippen LogP contribution >= 0.6 is 0 Å². The van der Waals surface area contributed by atoms with Gasteiger partial charge in [-0.15, -0.1) is 0 Å². The van der Waals surface area contributed by atoms with Crippen LogP contribution in [0.5, 0.6) is 0 Å². The summed E-state index contributed by atoms with van der Waals surface area (Å²) in [7, 11) is 0. The second-order valence-corrected chi connectivity index (χ2v) is 4.52. The van der Waals surface area contributed by atoms with Crippen LogP contribution in [0.1, 0.15) is 17.9 Å². The van der Waals surface area contributed by atoms with Crippen molar-refractivity contribution in [2.45, 2.75) is 12.3 Å². The van der Waals surface area contributed by atoms with Crippen LogP contribution in [-0.4, -0.2) is 22.1 Å². The fourth-order valence-corrected chi connectivity index (χ4v) is 2.34. The van der Waals surface area contributed by atoms with Crippen molar-refractivity contribution >= 4 is 5.91 Å². The molecule has 0 spiro atoms. The minimum absolute atomic E-state index is 0.0901. The largest absolute Gasteiger partial charge is 0.273 e. The Labute approximate surface area is 108 Å². The predicted molar refractivity (Wildman–Crippen MR) is 64.0 cm³/mol. The van der Waals surface area contributed by atoms with Gasteiger partial charge >= 0.3 is 0 Å². The van der Waals surface area contributed by atoms with E-state index in [1.807, 2.05) is 0 Å². The molecule has 98 valence electrons. The zero-order chi connectivity index (χ0) is 13.4. The number of hydrogen-bond acceptors (Lipinski definition) is 2. The number of hydrogen-bond donors (Lipinski definition) is 0. The number of benzene rings is 1. The molecule has 4 nitrogen and oxygen atoms in total. The lowest BCUT2D eigenvalue weighted by Crippen LogP contribution is -2.34. The lowest BCUT2D eigenvalue weighted by atomic mass is 9.98. The fraction of sp³-hybridized carbons (Fsp3) is 0.231. The summed E-state index contributed by atoms with van der Waals surface area (Å²) in [6.07, 6.45) is 4.99. The van der Waals surface area contributed by atoms with E-state index in [4.69, 9.17) is 0 Å². The third kappa shape index (κ3) is 2.21. The second kappa shape index (κ2) is 4.46. The highest BCUT2D eigenvalue weighted by atomic mass is 19.1. The summed E-state index contributed by atoms with van der Waals surface area (Å²) in [5.74, 6) is -1.54. The Morgan fingerprint density at radius 1 is 1.21 bits per heavy atom. The van der Waals surface area contributed by atoms with Crippen molar-refractivity contribution in [3.8, 4) is 0 Å². The Balaban J connectivity index is 1.86. The molecule has 1 aromatic carbocycles. The van der Waals surface area contributed by atoms with Crippen LogP contribution in [0.4, 0.5) is 8.78 Å². The van der Waals surface area contributed by atoms with E-state index in [2.05, 4.69) is 4.98 Å². The Bertz CT molecular complexity index is 592. The van der Waals surface area contributed by atoms with Gasteiger partial charge in [-0.25, -0.2) is 23.4 Å². The molecular formula is C13H11F2N3O. The van der Waals surface area contributed by atoms with Crippen LogP contribution in [0.25, 0.3) is 0 Å². The van der Waals surface area contributed by atoms with Crippen molar-refractivity contribution in [2.75, 3.05) is 11.6 Å². The van der Waals surface area contributed by atoms with E-state index in [0.29, 0.717) is 12.1 Å². The highest BCUT2D eigenvalue weighted by Gasteiger charge is 2.32. The lowest BCUT2D eigenvalue weighted by molar-refractivity contribution is -0.118. The molecule has 1 amide bonds. The molecule has 0 N–H and O–H groups in total. The SMILES string of the molecule is O=C1CC(c2cc(F)cc(F)c2)CN1n1ccnc1. The van der Waals surface area contributed by atoms with Gasteiger partial charge in [-0.05, 0) is 17.7 Å². The number of rotatable bonds is 2. The van der Waals surface area contributed by atoms with Crippen molar-refractivity contribution in [1.29, 1.82) is 0 Å². The molecule has 3 rings (SSSR count). The average molecular weight is 263 g/mol. The van der Waals surface area contributed by atoms with Crippen molar-refractivity contribution in [3.05, 3.63) is 54.1 Å². The maximum absolute atomic E-state index is 13.2. The molecule has 0 saturated carbocycles. The number of halogens is 2. The molecule has 1 atom stereocenters. The highest BCUT2D eigenvalue weighted by molar-refractivity contribution is 5.89. The van der Waals surface area contributed by atoms with Crippen LogP contribution in [0.15, 0.2) is 36.9 Å². The molecule has 2 heterocycles. The molecule has 1 aliphatic heterocycles. The van der Waals surface area contributed by atoms with Crippen molar-refractivity contribution < 1.29 is 13.6 Å². The monoisotopic (exact) mass is 263 g/mol. The van der Waals surface area contributed by atoms with Gasteiger partial charge in [0.1, 0.15) is 18.0 Å². The van der Waals surface area contributed by atoms with Gasteiger partial charge in [-0.1, -0.05) is 0 Å². The van der Waals surface area contributed by atoms with Crippen LogP contribution in [0, 0.1) is 11.6 Å². The van der Waals surface area contributed by atoms with Crippen molar-refractivity contribution in [3.63, 3.8) is 0 Å². The first-order valence-electron chi connectivity index (χ1n) is 5.88. The number of imidazole rings is 1. The molecule has 1 aromatic heterocycles. The van der Waals surface area contributed by atoms with Gasteiger partial charge in [-0.2, -0.15) is 0 Å². The first-order valence-corrected chi connectivity index (χ1v) is 5.88. The second-order valence-electron chi connectivity index (χ2n) is 4.52. The summed E-state index contributed by atoms with van der Waals surface area (Å²) in [5.41, 5.74) is 0.508. The zero-order valence-corrected chi connectivity index (χ0v) is 9.96. The Hall–Kier alpha value is -2.24. The van der Waals surface area contributed by atoms with Crippen molar-refractivity contribution in [1.82, 2.24) is 9.66 Å². The summed E-state index contributed by atoms with van der Waals surface area (Å²) < 4.78 is 28.0. The van der Waals surface area contributed by atoms with E-state index >= 15 is 0 Å². The van der Waals surface area contributed by atoms with E-state index in [9.17, 15) is 13.6 Å². The van der Waals surface area contributed by atoms with E-state index in [1.165, 1.54) is 23.5 Å². The summed E-state index contributed by atoms with van der Waals surface area (Å²) in [5, 5.41) is 1.51. The Kier molecular flexibility index (Phi) is 2.77. The van der Waals surface area contributed by atoms with E-state index in [-0.39, 0.29) is 18.2 Å². The summed E-state index contributed by atoms with van der Waals surface area (Å²) in [6, 6.07) is 3.38. The van der Waals surface area contributed by atoms with E-state index in [1.54, 1.807) is 17.1 Å². The molecule has 1 fully saturated rings. The first kappa shape index (κ1) is 11.8. The molecule has 0 aliphatic carbocycles. The van der Waals surface area contributed by atoms with Gasteiger partial charge in [0.05, 0.1) is 6.54 Å². The zero-order valence-electron chi connectivity index (χ0n) is 9.96. The number of aromatic nitrogens is 2. The molecular weight excluding hydrogens is 252 g/mol. The van der Waals surface area contributed by atoms with Crippen LogP contribution in [0.2, 0.25) is 0 Å². The average Bonchev–Trinajstić information content (AvgIpc) is 2.96. The van der Waals surface area contributed by atoms with Crippen LogP contribution in [-0.2, 0) is 4.79 Å². The molecule has 19 heavy (non-hydrogen) atoms. The van der Waals surface area contributed by atoms with Gasteiger partial charge in [0.25, 0.3) is 0 Å². The highest BCUT2D eigenvalue weighted by Crippen LogP contribution is 2.28. The third-order valence-corrected chi connectivity index (χ3v) is 3.23. The van der Waals surface area contributed by atoms with Gasteiger partial charge in [0.2, 0.25) is 5.91 Å². The topological polar surface area (TPSA) is 38.1 Å². The van der Waals surface area contributed by atoms with E-state index in [0.717, 1.165) is 6.07 Å². The number of amides is 1. The van der Waals surface area contributed by atoms with Gasteiger partial charge in [0.15, 0.2) is 0 Å². The van der Waals surface area contributed by atoms with Gasteiger partial charge in [-0.3, -0.25) is 4.79 Å². The van der Waals surface area contributed by atoms with Crippen molar-refractivity contribution in [2.24, 2.45) is 0 Å². The maximum Gasteiger partial charge on any atom is 0.242 e.